The van der Waals surface area contributed by atoms with E-state index >= 15 is 0 Å². The predicted octanol–water partition coefficient (Wildman–Crippen LogP) is 1.86. The summed E-state index contributed by atoms with van der Waals surface area (Å²) in [6, 6.07) is 9.64. The molecule has 0 aliphatic heterocycles. The SMILES string of the molecule is Cc1ccc(S(=O)(=O)C[C@](C)(O)C(=O)Nc2cc(C)ccn2)cc1. The molecule has 2 aromatic rings. The van der Waals surface area contributed by atoms with Gasteiger partial charge in [0.2, 0.25) is 0 Å². The highest BCUT2D eigenvalue weighted by atomic mass is 32.2. The number of carbonyl (C=O) groups is 1. The summed E-state index contributed by atoms with van der Waals surface area (Å²) in [5.41, 5.74) is -0.286. The number of rotatable bonds is 5. The number of sulfone groups is 1. The van der Waals surface area contributed by atoms with Gasteiger partial charge >= 0.3 is 0 Å². The van der Waals surface area contributed by atoms with E-state index in [-0.39, 0.29) is 10.7 Å². The highest BCUT2D eigenvalue weighted by Gasteiger charge is 2.36. The number of aliphatic hydroxyl groups is 1. The zero-order valence-corrected chi connectivity index (χ0v) is 14.6. The number of aromatic nitrogens is 1. The Morgan fingerprint density at radius 2 is 1.79 bits per heavy atom. The van der Waals surface area contributed by atoms with Gasteiger partial charge in [-0.1, -0.05) is 17.7 Å². The van der Waals surface area contributed by atoms with E-state index < -0.39 is 27.1 Å². The fourth-order valence-electron chi connectivity index (χ4n) is 2.12. The number of amides is 1. The molecule has 1 aromatic heterocycles. The van der Waals surface area contributed by atoms with E-state index in [0.29, 0.717) is 0 Å². The third-order valence-corrected chi connectivity index (χ3v) is 5.43. The molecule has 0 saturated carbocycles. The second-order valence-electron chi connectivity index (χ2n) is 6.02. The summed E-state index contributed by atoms with van der Waals surface area (Å²) < 4.78 is 24.8. The minimum atomic E-state index is -3.81. The molecule has 0 fully saturated rings. The highest BCUT2D eigenvalue weighted by molar-refractivity contribution is 7.91. The smallest absolute Gasteiger partial charge is 0.258 e. The Bertz CT molecular complexity index is 843. The Morgan fingerprint density at radius 1 is 1.17 bits per heavy atom. The van der Waals surface area contributed by atoms with Crippen molar-refractivity contribution >= 4 is 21.6 Å². The first-order chi connectivity index (χ1) is 11.1. The summed E-state index contributed by atoms with van der Waals surface area (Å²) in [6.45, 7) is 4.84. The van der Waals surface area contributed by atoms with Crippen LogP contribution in [0.1, 0.15) is 18.1 Å². The normalized spacial score (nSPS) is 14.0. The maximum Gasteiger partial charge on any atom is 0.258 e. The van der Waals surface area contributed by atoms with Crippen LogP contribution < -0.4 is 5.32 Å². The van der Waals surface area contributed by atoms with E-state index in [0.717, 1.165) is 11.1 Å². The van der Waals surface area contributed by atoms with Crippen molar-refractivity contribution in [3.05, 3.63) is 53.7 Å². The van der Waals surface area contributed by atoms with Gasteiger partial charge in [-0.25, -0.2) is 13.4 Å². The maximum atomic E-state index is 12.4. The first kappa shape index (κ1) is 18.1. The lowest BCUT2D eigenvalue weighted by atomic mass is 10.1. The van der Waals surface area contributed by atoms with Crippen LogP contribution in [0.4, 0.5) is 5.82 Å². The topological polar surface area (TPSA) is 96.4 Å². The van der Waals surface area contributed by atoms with Gasteiger partial charge in [0.15, 0.2) is 15.4 Å². The molecule has 1 heterocycles. The molecule has 1 atom stereocenters. The summed E-state index contributed by atoms with van der Waals surface area (Å²) in [5, 5.41) is 12.8. The monoisotopic (exact) mass is 348 g/mol. The van der Waals surface area contributed by atoms with E-state index in [1.165, 1.54) is 25.3 Å². The molecule has 0 bridgehead atoms. The van der Waals surface area contributed by atoms with Crippen molar-refractivity contribution in [1.29, 1.82) is 0 Å². The molecule has 0 aliphatic rings. The van der Waals surface area contributed by atoms with Gasteiger partial charge in [-0.3, -0.25) is 4.79 Å². The van der Waals surface area contributed by atoms with Crippen LogP contribution in [0.25, 0.3) is 0 Å². The lowest BCUT2D eigenvalue weighted by Crippen LogP contribution is -2.45. The van der Waals surface area contributed by atoms with Crippen LogP contribution in [0.15, 0.2) is 47.5 Å². The van der Waals surface area contributed by atoms with Gasteiger partial charge in [0.05, 0.1) is 10.6 Å². The van der Waals surface area contributed by atoms with Gasteiger partial charge < -0.3 is 10.4 Å². The number of hydrogen-bond donors (Lipinski definition) is 2. The molecule has 1 amide bonds. The van der Waals surface area contributed by atoms with Crippen molar-refractivity contribution in [2.24, 2.45) is 0 Å². The van der Waals surface area contributed by atoms with Crippen molar-refractivity contribution in [3.63, 3.8) is 0 Å². The zero-order chi connectivity index (χ0) is 18.0. The molecule has 7 heteroatoms. The Hall–Kier alpha value is -2.25. The molecule has 0 spiro atoms. The average Bonchev–Trinajstić information content (AvgIpc) is 2.46. The van der Waals surface area contributed by atoms with E-state index in [1.807, 2.05) is 13.8 Å². The molecular formula is C17H20N2O4S. The lowest BCUT2D eigenvalue weighted by molar-refractivity contribution is -0.130. The fraction of sp³-hybridized carbons (Fsp3) is 0.294. The first-order valence-electron chi connectivity index (χ1n) is 7.36. The average molecular weight is 348 g/mol. The highest BCUT2D eigenvalue weighted by Crippen LogP contribution is 2.19. The minimum absolute atomic E-state index is 0.0647. The molecule has 0 radical (unpaired) electrons. The van der Waals surface area contributed by atoms with Crippen LogP contribution in [0, 0.1) is 13.8 Å². The summed E-state index contributed by atoms with van der Waals surface area (Å²) in [6.07, 6.45) is 1.52. The molecule has 0 saturated heterocycles. The van der Waals surface area contributed by atoms with Crippen LogP contribution >= 0.6 is 0 Å². The maximum absolute atomic E-state index is 12.4. The molecular weight excluding hydrogens is 328 g/mol. The van der Waals surface area contributed by atoms with Gasteiger partial charge in [0, 0.05) is 6.20 Å². The van der Waals surface area contributed by atoms with Crippen LogP contribution in [0.3, 0.4) is 0 Å². The molecule has 0 aliphatic carbocycles. The van der Waals surface area contributed by atoms with E-state index in [4.69, 9.17) is 0 Å². The van der Waals surface area contributed by atoms with Crippen molar-refractivity contribution in [2.45, 2.75) is 31.3 Å². The number of aryl methyl sites for hydroxylation is 2. The van der Waals surface area contributed by atoms with Crippen molar-refractivity contribution in [3.8, 4) is 0 Å². The second-order valence-corrected chi connectivity index (χ2v) is 8.01. The van der Waals surface area contributed by atoms with Gasteiger partial charge in [-0.15, -0.1) is 0 Å². The third-order valence-electron chi connectivity index (χ3n) is 3.50. The summed E-state index contributed by atoms with van der Waals surface area (Å²) in [7, 11) is -3.81. The van der Waals surface area contributed by atoms with Crippen LogP contribution in [0.2, 0.25) is 0 Å². The van der Waals surface area contributed by atoms with Gasteiger partial charge in [0.1, 0.15) is 5.82 Å². The molecule has 6 nitrogen and oxygen atoms in total. The molecule has 1 aromatic carbocycles. The van der Waals surface area contributed by atoms with Gasteiger partial charge in [0.25, 0.3) is 5.91 Å². The lowest BCUT2D eigenvalue weighted by Gasteiger charge is -2.22. The Labute approximate surface area is 141 Å². The molecule has 128 valence electrons. The first-order valence-corrected chi connectivity index (χ1v) is 9.01. The predicted molar refractivity (Wildman–Crippen MR) is 91.5 cm³/mol. The number of hydrogen-bond acceptors (Lipinski definition) is 5. The molecule has 24 heavy (non-hydrogen) atoms. The Kier molecular flexibility index (Phi) is 5.05. The molecule has 2 N–H and O–H groups in total. The minimum Gasteiger partial charge on any atom is -0.379 e. The standard InChI is InChI=1S/C17H20N2O4S/c1-12-4-6-14(7-5-12)24(22,23)11-17(3,21)16(20)19-15-10-13(2)8-9-18-15/h4-10,21H,11H2,1-3H3,(H,18,19,20)/t17-/m0/s1. The summed E-state index contributed by atoms with van der Waals surface area (Å²) in [5.74, 6) is -1.29. The van der Waals surface area contributed by atoms with Crippen molar-refractivity contribution in [1.82, 2.24) is 4.98 Å². The number of benzene rings is 1. The van der Waals surface area contributed by atoms with Crippen LogP contribution in [-0.2, 0) is 14.6 Å². The number of nitrogens with one attached hydrogen (secondary N) is 1. The Morgan fingerprint density at radius 3 is 2.38 bits per heavy atom. The van der Waals surface area contributed by atoms with Crippen LogP contribution in [-0.4, -0.2) is 35.8 Å². The van der Waals surface area contributed by atoms with Gasteiger partial charge in [-0.2, -0.15) is 0 Å². The number of nitrogens with zero attached hydrogens (tertiary/aromatic N) is 1. The van der Waals surface area contributed by atoms with E-state index in [9.17, 15) is 18.3 Å². The van der Waals surface area contributed by atoms with Crippen LogP contribution in [0.5, 0.6) is 0 Å². The Balaban J connectivity index is 2.17. The van der Waals surface area contributed by atoms with Crippen molar-refractivity contribution < 1.29 is 18.3 Å². The molecule has 2 rings (SSSR count). The third kappa shape index (κ3) is 4.39. The van der Waals surface area contributed by atoms with Gasteiger partial charge in [-0.05, 0) is 50.6 Å². The number of pyridine rings is 1. The fourth-order valence-corrected chi connectivity index (χ4v) is 3.71. The zero-order valence-electron chi connectivity index (χ0n) is 13.8. The number of anilines is 1. The summed E-state index contributed by atoms with van der Waals surface area (Å²) in [4.78, 5) is 16.3. The quantitative estimate of drug-likeness (QED) is 0.860. The molecule has 0 unspecified atom stereocenters. The second kappa shape index (κ2) is 6.70. The summed E-state index contributed by atoms with van der Waals surface area (Å²) >= 11 is 0. The largest absolute Gasteiger partial charge is 0.379 e. The number of carbonyl (C=O) groups excluding carboxylic acids is 1. The van der Waals surface area contributed by atoms with E-state index in [2.05, 4.69) is 10.3 Å². The van der Waals surface area contributed by atoms with Crippen molar-refractivity contribution in [2.75, 3.05) is 11.1 Å². The van der Waals surface area contributed by atoms with E-state index in [1.54, 1.807) is 24.3 Å².